The maximum atomic E-state index is 14.6. The fraction of sp³-hybridized carbons (Fsp3) is 0.333. The van der Waals surface area contributed by atoms with E-state index in [2.05, 4.69) is 37.5 Å². The topological polar surface area (TPSA) is 124 Å². The van der Waals surface area contributed by atoms with E-state index in [0.717, 1.165) is 38.3 Å². The second-order valence-electron chi connectivity index (χ2n) is 20.3. The third-order valence-corrected chi connectivity index (χ3v) is 14.5. The molecule has 0 aromatic heterocycles. The lowest BCUT2D eigenvalue weighted by Gasteiger charge is -2.33. The fourth-order valence-electron chi connectivity index (χ4n) is 10.4. The first kappa shape index (κ1) is 53.5. The Labute approximate surface area is 437 Å². The average Bonchev–Trinajstić information content (AvgIpc) is 4.08. The number of phenolic OH excluding ortho intramolecular Hbond substituents is 4. The maximum absolute atomic E-state index is 14.6. The van der Waals surface area contributed by atoms with E-state index >= 15 is 0 Å². The lowest BCUT2D eigenvalue weighted by molar-refractivity contribution is -0.137. The van der Waals surface area contributed by atoms with Crippen molar-refractivity contribution in [1.29, 1.82) is 0 Å². The molecular formula is C60H60F6N2O8. The number of hydrogen-bond donors (Lipinski definition) is 4. The molecule has 0 aliphatic carbocycles. The van der Waals surface area contributed by atoms with Crippen molar-refractivity contribution in [2.45, 2.75) is 77.0 Å². The van der Waals surface area contributed by atoms with Gasteiger partial charge in [0.2, 0.25) is 0 Å². The van der Waals surface area contributed by atoms with E-state index in [9.17, 15) is 46.8 Å². The van der Waals surface area contributed by atoms with Gasteiger partial charge in [0, 0.05) is 53.0 Å². The van der Waals surface area contributed by atoms with Crippen molar-refractivity contribution >= 4 is 22.5 Å². The van der Waals surface area contributed by atoms with Crippen molar-refractivity contribution < 1.29 is 65.7 Å². The number of rotatable bonds is 12. The summed E-state index contributed by atoms with van der Waals surface area (Å²) in [5.74, 6) is -0.0365. The van der Waals surface area contributed by atoms with Crippen LogP contribution in [0.15, 0.2) is 133 Å². The number of phenols is 4. The van der Waals surface area contributed by atoms with Crippen molar-refractivity contribution in [1.82, 2.24) is 9.80 Å². The number of benzene rings is 6. The van der Waals surface area contributed by atoms with Gasteiger partial charge < -0.3 is 39.4 Å². The maximum Gasteiger partial charge on any atom is 0.417 e. The number of ether oxygens (including phenoxy) is 4. The number of likely N-dealkylation sites (tertiary alicyclic amines) is 2. The third-order valence-electron chi connectivity index (χ3n) is 14.5. The first-order valence-electron chi connectivity index (χ1n) is 25.4. The number of fused-ring (bicyclic) bond motifs is 2. The summed E-state index contributed by atoms with van der Waals surface area (Å²) in [6.07, 6.45) is -8.12. The highest BCUT2D eigenvalue weighted by molar-refractivity contribution is 5.99. The molecule has 6 atom stereocenters. The van der Waals surface area contributed by atoms with Crippen molar-refractivity contribution in [3.63, 3.8) is 0 Å². The van der Waals surface area contributed by atoms with Crippen molar-refractivity contribution in [2.75, 3.05) is 39.4 Å². The predicted molar refractivity (Wildman–Crippen MR) is 278 cm³/mol. The summed E-state index contributed by atoms with van der Waals surface area (Å²) < 4.78 is 112. The molecule has 6 aromatic rings. The van der Waals surface area contributed by atoms with Crippen LogP contribution in [0.3, 0.4) is 0 Å². The minimum atomic E-state index is -4.73. The minimum Gasteiger partial charge on any atom is -0.508 e. The monoisotopic (exact) mass is 1050 g/mol. The van der Waals surface area contributed by atoms with E-state index in [4.69, 9.17) is 18.9 Å². The zero-order valence-corrected chi connectivity index (χ0v) is 42.4. The lowest BCUT2D eigenvalue weighted by Crippen LogP contribution is -2.35. The van der Waals surface area contributed by atoms with Gasteiger partial charge in [-0.3, -0.25) is 9.80 Å². The molecule has 10 nitrogen and oxygen atoms in total. The molecule has 4 aliphatic heterocycles. The van der Waals surface area contributed by atoms with Gasteiger partial charge in [-0.15, -0.1) is 0 Å². The average molecular weight is 1050 g/mol. The number of halogens is 6. The lowest BCUT2D eigenvalue weighted by atomic mass is 9.82. The Kier molecular flexibility index (Phi) is 15.6. The molecule has 400 valence electrons. The number of alkyl halides is 6. The molecule has 2 unspecified atom stereocenters. The van der Waals surface area contributed by atoms with Crippen LogP contribution in [0.25, 0.3) is 22.5 Å². The Balaban J connectivity index is 0.000000186. The summed E-state index contributed by atoms with van der Waals surface area (Å²) in [4.78, 5) is 4.80. The van der Waals surface area contributed by atoms with E-state index < -0.39 is 29.9 Å². The highest BCUT2D eigenvalue weighted by atomic mass is 19.4. The largest absolute Gasteiger partial charge is 0.508 e. The number of hydrogen-bond acceptors (Lipinski definition) is 10. The van der Waals surface area contributed by atoms with E-state index in [1.807, 2.05) is 0 Å². The molecule has 16 heteroatoms. The Bertz CT molecular complexity index is 3050. The quantitative estimate of drug-likeness (QED) is 0.0881. The molecule has 0 bridgehead atoms. The molecule has 10 rings (SSSR count). The molecule has 0 amide bonds. The fourth-order valence-corrected chi connectivity index (χ4v) is 10.4. The molecule has 0 saturated carbocycles. The number of nitrogens with zero attached hydrogens (tertiary/aromatic N) is 2. The smallest absolute Gasteiger partial charge is 0.417 e. The summed E-state index contributed by atoms with van der Waals surface area (Å²) in [6.45, 7) is 14.0. The summed E-state index contributed by atoms with van der Waals surface area (Å²) in [6, 6.07) is 32.8. The highest BCUT2D eigenvalue weighted by Gasteiger charge is 2.49. The van der Waals surface area contributed by atoms with Gasteiger partial charge in [0.25, 0.3) is 0 Å². The zero-order chi connectivity index (χ0) is 54.1. The van der Waals surface area contributed by atoms with Crippen LogP contribution < -0.4 is 18.9 Å². The van der Waals surface area contributed by atoms with Gasteiger partial charge in [0.1, 0.15) is 70.9 Å². The summed E-state index contributed by atoms with van der Waals surface area (Å²) in [5, 5.41) is 39.4. The molecule has 6 aromatic carbocycles. The van der Waals surface area contributed by atoms with E-state index in [1.165, 1.54) is 85.6 Å². The van der Waals surface area contributed by atoms with E-state index in [0.29, 0.717) is 47.7 Å². The predicted octanol–water partition coefficient (Wildman–Crippen LogP) is 13.6. The van der Waals surface area contributed by atoms with Gasteiger partial charge >= 0.3 is 12.4 Å². The van der Waals surface area contributed by atoms with Gasteiger partial charge in [-0.05, 0) is 165 Å². The van der Waals surface area contributed by atoms with Crippen molar-refractivity contribution in [3.05, 3.63) is 167 Å². The molecular weight excluding hydrogens is 991 g/mol. The van der Waals surface area contributed by atoms with Crippen LogP contribution in [0, 0.1) is 11.8 Å². The zero-order valence-electron chi connectivity index (χ0n) is 42.4. The Hall–Kier alpha value is -7.30. The molecule has 4 aliphatic rings. The molecule has 0 spiro atoms. The van der Waals surface area contributed by atoms with Crippen LogP contribution in [0.1, 0.15) is 85.9 Å². The van der Waals surface area contributed by atoms with Crippen LogP contribution in [-0.2, 0) is 0 Å². The van der Waals surface area contributed by atoms with Crippen LogP contribution in [-0.4, -0.2) is 94.1 Å². The molecule has 76 heavy (non-hydrogen) atoms. The first-order chi connectivity index (χ1) is 36.2. The minimum absolute atomic E-state index is 0.0247. The second kappa shape index (κ2) is 22.1. The summed E-state index contributed by atoms with van der Waals surface area (Å²) in [7, 11) is 0. The van der Waals surface area contributed by atoms with Crippen molar-refractivity contribution in [3.8, 4) is 46.0 Å². The van der Waals surface area contributed by atoms with Crippen LogP contribution in [0.5, 0.6) is 46.0 Å². The normalized spacial score (nSPS) is 20.7. The number of allylic oxidation sites excluding steroid dienone is 2. The highest BCUT2D eigenvalue weighted by Crippen LogP contribution is 2.55. The number of aromatic hydroxyl groups is 4. The molecule has 2 fully saturated rings. The Morgan fingerprint density at radius 2 is 1.03 bits per heavy atom. The van der Waals surface area contributed by atoms with Gasteiger partial charge in [0.15, 0.2) is 6.10 Å². The molecule has 0 radical (unpaired) electrons. The van der Waals surface area contributed by atoms with Crippen LogP contribution in [0.4, 0.5) is 26.3 Å². The SMILES string of the molecule is C[C@@H]1CCN([C@@H](C)COc2ccc(C3=C(c4ccc(O)cc4)C(C(F)(F)F)c4cc(O)ccc4O3)cc2)C1.C[C@@H]1CCN([C@@H](C)COc2ccc(C3Oc4ccc(O)cc4C(C(F)(F)F)=C3c3ccc(O)cc3)cc2)C1. The summed E-state index contributed by atoms with van der Waals surface area (Å²) in [5.41, 5.74) is -0.0127. The van der Waals surface area contributed by atoms with Crippen molar-refractivity contribution in [2.24, 2.45) is 11.8 Å². The van der Waals surface area contributed by atoms with E-state index in [-0.39, 0.29) is 85.7 Å². The van der Waals surface area contributed by atoms with Crippen LogP contribution >= 0.6 is 0 Å². The first-order valence-corrected chi connectivity index (χ1v) is 25.4. The van der Waals surface area contributed by atoms with Gasteiger partial charge in [-0.2, -0.15) is 26.3 Å². The summed E-state index contributed by atoms with van der Waals surface area (Å²) >= 11 is 0. The molecule has 4 N–H and O–H groups in total. The van der Waals surface area contributed by atoms with Gasteiger partial charge in [-0.25, -0.2) is 0 Å². The Morgan fingerprint density at radius 3 is 1.51 bits per heavy atom. The van der Waals surface area contributed by atoms with Gasteiger partial charge in [-0.1, -0.05) is 50.2 Å². The second-order valence-corrected chi connectivity index (χ2v) is 20.3. The third kappa shape index (κ3) is 12.0. The van der Waals surface area contributed by atoms with Gasteiger partial charge in [0.05, 0.1) is 5.57 Å². The molecule has 4 heterocycles. The van der Waals surface area contributed by atoms with E-state index in [1.54, 1.807) is 48.5 Å². The van der Waals surface area contributed by atoms with Crippen LogP contribution in [0.2, 0.25) is 0 Å². The Morgan fingerprint density at radius 1 is 0.566 bits per heavy atom. The standard InChI is InChI=1S/2C30H30F3NO4/c2*1-18-13-14-34(16-18)19(2)17-37-24-10-5-21(6-11-24)29-27(20-3-7-22(35)8-4-20)28(30(31,32)33)25-15-23(36)9-12-26(25)38-29/h3-12,15,18-19,29,35-36H,13-14,16-17H2,1-2H3;3-12,15,18-19,28,35-36H,13-14,16-17H2,1-2H3/t18-,19+,29?;18-,19+,28?/m11/s1. The molecule has 2 saturated heterocycles.